The van der Waals surface area contributed by atoms with Crippen LogP contribution in [0.25, 0.3) is 54.3 Å². The van der Waals surface area contributed by atoms with Crippen LogP contribution in [0.15, 0.2) is 65.1 Å². The van der Waals surface area contributed by atoms with Crippen molar-refractivity contribution in [2.24, 2.45) is 0 Å². The van der Waals surface area contributed by atoms with Crippen LogP contribution in [-0.4, -0.2) is 0 Å². The average molecular weight is 266 g/mol. The zero-order valence-electron chi connectivity index (χ0n) is 11.2. The molecular weight excluding hydrogens is 256 g/mol. The van der Waals surface area contributed by atoms with E-state index >= 15 is 0 Å². The molecule has 0 aliphatic carbocycles. The van der Waals surface area contributed by atoms with Crippen molar-refractivity contribution >= 4 is 54.3 Å². The highest BCUT2D eigenvalue weighted by atomic mass is 16.4. The van der Waals surface area contributed by atoms with Crippen molar-refractivity contribution < 1.29 is 4.42 Å². The van der Waals surface area contributed by atoms with Gasteiger partial charge in [0.05, 0.1) is 0 Å². The summed E-state index contributed by atoms with van der Waals surface area (Å²) in [5.41, 5.74) is 2.09. The van der Waals surface area contributed by atoms with E-state index in [4.69, 9.17) is 4.42 Å². The summed E-state index contributed by atoms with van der Waals surface area (Å²) in [6.45, 7) is 0. The highest BCUT2D eigenvalue weighted by Crippen LogP contribution is 2.42. The third-order valence-electron chi connectivity index (χ3n) is 4.71. The molecule has 96 valence electrons. The van der Waals surface area contributed by atoms with Gasteiger partial charge < -0.3 is 4.42 Å². The zero-order chi connectivity index (χ0) is 13.6. The van der Waals surface area contributed by atoms with Crippen LogP contribution < -0.4 is 0 Å². The lowest BCUT2D eigenvalue weighted by atomic mass is 9.91. The van der Waals surface area contributed by atoms with Crippen molar-refractivity contribution in [3.8, 4) is 0 Å². The summed E-state index contributed by atoms with van der Waals surface area (Å²) in [5, 5.41) is 10.5. The second-order valence-corrected chi connectivity index (χ2v) is 5.83. The largest absolute Gasteiger partial charge is 0.449 e. The van der Waals surface area contributed by atoms with Crippen molar-refractivity contribution in [1.82, 2.24) is 0 Å². The lowest BCUT2D eigenvalue weighted by Crippen LogP contribution is -1.84. The maximum Gasteiger partial charge on any atom is 0.178 e. The molecule has 0 radical (unpaired) electrons. The van der Waals surface area contributed by atoms with Gasteiger partial charge in [-0.25, -0.2) is 0 Å². The van der Waals surface area contributed by atoms with E-state index in [0.717, 1.165) is 11.2 Å². The molecule has 21 heavy (non-hydrogen) atoms. The van der Waals surface area contributed by atoms with Crippen LogP contribution in [0, 0.1) is 0 Å². The molecule has 0 bridgehead atoms. The maximum absolute atomic E-state index is 5.64. The Morgan fingerprint density at radius 3 is 2.19 bits per heavy atom. The van der Waals surface area contributed by atoms with Gasteiger partial charge in [-0.1, -0.05) is 48.5 Å². The molecule has 1 aromatic heterocycles. The third-order valence-corrected chi connectivity index (χ3v) is 4.71. The Bertz CT molecular complexity index is 1260. The Morgan fingerprint density at radius 1 is 0.571 bits per heavy atom. The third kappa shape index (κ3) is 1.10. The van der Waals surface area contributed by atoms with Crippen molar-refractivity contribution in [3.05, 3.63) is 60.7 Å². The smallest absolute Gasteiger partial charge is 0.178 e. The molecule has 0 fully saturated rings. The second-order valence-electron chi connectivity index (χ2n) is 5.83. The first kappa shape index (κ1) is 10.0. The van der Waals surface area contributed by atoms with Crippen molar-refractivity contribution in [1.29, 1.82) is 0 Å². The molecule has 0 amide bonds. The SMILES string of the molecule is c1cc2ccc3cc4ccc5oc5c4c4ccc(c1)c2c34. The molecule has 0 saturated heterocycles. The van der Waals surface area contributed by atoms with E-state index in [1.165, 1.54) is 43.1 Å². The van der Waals surface area contributed by atoms with E-state index < -0.39 is 0 Å². The van der Waals surface area contributed by atoms with Crippen LogP contribution in [0.1, 0.15) is 0 Å². The summed E-state index contributed by atoms with van der Waals surface area (Å²) >= 11 is 0. The van der Waals surface area contributed by atoms with E-state index in [9.17, 15) is 0 Å². The van der Waals surface area contributed by atoms with Crippen LogP contribution in [-0.2, 0) is 0 Å². The van der Waals surface area contributed by atoms with Gasteiger partial charge in [0.1, 0.15) is 0 Å². The number of rotatable bonds is 0. The molecule has 1 heteroatoms. The van der Waals surface area contributed by atoms with Crippen LogP contribution in [0.3, 0.4) is 0 Å². The Morgan fingerprint density at radius 2 is 1.29 bits per heavy atom. The standard InChI is InChI=1S/C20H10O/c1-2-11-4-5-13-10-14-7-9-16-20(21-16)19(14)15-8-6-12(3-1)17(11)18(13)15/h1-10H. The maximum atomic E-state index is 5.64. The topological polar surface area (TPSA) is 13.1 Å². The zero-order valence-corrected chi connectivity index (χ0v) is 11.2. The van der Waals surface area contributed by atoms with E-state index in [-0.39, 0.29) is 0 Å². The van der Waals surface area contributed by atoms with Gasteiger partial charge in [-0.15, -0.1) is 0 Å². The molecule has 1 heterocycles. The molecule has 0 spiro atoms. The van der Waals surface area contributed by atoms with Gasteiger partial charge in [0.15, 0.2) is 11.2 Å². The number of benzene rings is 5. The first-order chi connectivity index (χ1) is 10.4. The molecule has 0 N–H and O–H groups in total. The highest BCUT2D eigenvalue weighted by Gasteiger charge is 2.17. The summed E-state index contributed by atoms with van der Waals surface area (Å²) < 4.78 is 5.64. The second kappa shape index (κ2) is 3.09. The van der Waals surface area contributed by atoms with Gasteiger partial charge in [-0.05, 0) is 49.8 Å². The summed E-state index contributed by atoms with van der Waals surface area (Å²) in [5.74, 6) is 0. The first-order valence-corrected chi connectivity index (χ1v) is 7.21. The van der Waals surface area contributed by atoms with Gasteiger partial charge in [-0.3, -0.25) is 0 Å². The molecule has 0 aliphatic heterocycles. The molecule has 5 aromatic carbocycles. The lowest BCUT2D eigenvalue weighted by molar-refractivity contribution is 0.760. The molecule has 0 unspecified atom stereocenters. The minimum atomic E-state index is 1.03. The van der Waals surface area contributed by atoms with Crippen LogP contribution in [0.5, 0.6) is 0 Å². The van der Waals surface area contributed by atoms with Crippen molar-refractivity contribution in [2.75, 3.05) is 0 Å². The van der Waals surface area contributed by atoms with E-state index in [1.807, 2.05) is 0 Å². The Balaban J connectivity index is 2.07. The Hall–Kier alpha value is -2.80. The molecular formula is C20H10O. The van der Waals surface area contributed by atoms with Crippen molar-refractivity contribution in [3.63, 3.8) is 0 Å². The summed E-state index contributed by atoms with van der Waals surface area (Å²) in [6.07, 6.45) is 0. The molecule has 6 rings (SSSR count). The molecule has 0 saturated carbocycles. The first-order valence-electron chi connectivity index (χ1n) is 7.21. The predicted octanol–water partition coefficient (Wildman–Crippen LogP) is 5.92. The molecule has 0 atom stereocenters. The van der Waals surface area contributed by atoms with Gasteiger partial charge in [0.25, 0.3) is 0 Å². The fraction of sp³-hybridized carbons (Fsp3) is 0. The predicted molar refractivity (Wildman–Crippen MR) is 88.6 cm³/mol. The lowest BCUT2D eigenvalue weighted by Gasteiger charge is -2.11. The van der Waals surface area contributed by atoms with Gasteiger partial charge >= 0.3 is 0 Å². The fourth-order valence-corrected chi connectivity index (χ4v) is 3.75. The monoisotopic (exact) mass is 266 g/mol. The number of fused-ring (bicyclic) bond motifs is 4. The minimum Gasteiger partial charge on any atom is -0.449 e. The van der Waals surface area contributed by atoms with Crippen LogP contribution in [0.2, 0.25) is 0 Å². The van der Waals surface area contributed by atoms with Gasteiger partial charge in [0, 0.05) is 5.39 Å². The highest BCUT2D eigenvalue weighted by molar-refractivity contribution is 6.32. The van der Waals surface area contributed by atoms with Crippen LogP contribution >= 0.6 is 0 Å². The van der Waals surface area contributed by atoms with Gasteiger partial charge in [-0.2, -0.15) is 0 Å². The molecule has 6 aromatic rings. The minimum absolute atomic E-state index is 1.03. The average Bonchev–Trinajstić information content (AvgIpc) is 3.31. The summed E-state index contributed by atoms with van der Waals surface area (Å²) in [4.78, 5) is 0. The van der Waals surface area contributed by atoms with E-state index in [1.54, 1.807) is 0 Å². The molecule has 1 nitrogen and oxygen atoms in total. The quantitative estimate of drug-likeness (QED) is 0.245. The van der Waals surface area contributed by atoms with Gasteiger partial charge in [0.2, 0.25) is 0 Å². The number of hydrogen-bond donors (Lipinski definition) is 0. The molecule has 0 aliphatic rings. The fourth-order valence-electron chi connectivity index (χ4n) is 3.75. The summed E-state index contributed by atoms with van der Waals surface area (Å²) in [7, 11) is 0. The Labute approximate surface area is 120 Å². The normalized spacial score (nSPS) is 12.8. The number of hydrogen-bond acceptors (Lipinski definition) is 1. The van der Waals surface area contributed by atoms with E-state index in [0.29, 0.717) is 0 Å². The summed E-state index contributed by atoms with van der Waals surface area (Å²) in [6, 6.07) is 22.0. The van der Waals surface area contributed by atoms with Crippen LogP contribution in [0.4, 0.5) is 0 Å². The Kier molecular flexibility index (Phi) is 1.47. The van der Waals surface area contributed by atoms with E-state index in [2.05, 4.69) is 60.7 Å². The van der Waals surface area contributed by atoms with Crippen molar-refractivity contribution in [2.45, 2.75) is 0 Å².